The number of benzene rings is 1. The summed E-state index contributed by atoms with van der Waals surface area (Å²) in [6.07, 6.45) is 4.76. The van der Waals surface area contributed by atoms with E-state index in [0.29, 0.717) is 11.3 Å². The lowest BCUT2D eigenvalue weighted by molar-refractivity contribution is 0.0950. The molecule has 2 heterocycles. The van der Waals surface area contributed by atoms with Gasteiger partial charge in [-0.25, -0.2) is 10.4 Å². The third kappa shape index (κ3) is 4.09. The van der Waals surface area contributed by atoms with Crippen LogP contribution < -0.4 is 5.43 Å². The predicted octanol–water partition coefficient (Wildman–Crippen LogP) is 3.75. The maximum Gasteiger partial charge on any atom is 0.291 e. The first-order valence-corrected chi connectivity index (χ1v) is 8.85. The van der Waals surface area contributed by atoms with Crippen LogP contribution in [0, 0.1) is 6.92 Å². The number of hydrazone groups is 1. The molecule has 6 nitrogen and oxygen atoms in total. The summed E-state index contributed by atoms with van der Waals surface area (Å²) in [7, 11) is 0. The van der Waals surface area contributed by atoms with Crippen LogP contribution in [-0.2, 0) is 0 Å². The number of carbonyl (C=O) groups excluding carboxylic acids is 1. The van der Waals surface area contributed by atoms with E-state index >= 15 is 0 Å². The molecule has 0 aliphatic carbocycles. The minimum atomic E-state index is -0.408. The van der Waals surface area contributed by atoms with Gasteiger partial charge in [0.25, 0.3) is 5.91 Å². The van der Waals surface area contributed by atoms with Crippen LogP contribution in [0.5, 0.6) is 5.75 Å². The number of nitrogens with one attached hydrogen (secondary N) is 1. The summed E-state index contributed by atoms with van der Waals surface area (Å²) < 4.78 is 0.800. The molecule has 0 radical (unpaired) electrons. The molecule has 25 heavy (non-hydrogen) atoms. The van der Waals surface area contributed by atoms with Crippen molar-refractivity contribution >= 4 is 39.4 Å². The highest BCUT2D eigenvalue weighted by molar-refractivity contribution is 9.10. The zero-order chi connectivity index (χ0) is 17.8. The van der Waals surface area contributed by atoms with E-state index in [1.807, 2.05) is 19.1 Å². The Kier molecular flexibility index (Phi) is 5.20. The van der Waals surface area contributed by atoms with Gasteiger partial charge in [0.15, 0.2) is 0 Å². The lowest BCUT2D eigenvalue weighted by Crippen LogP contribution is -2.19. The normalized spacial score (nSPS) is 11.0. The number of rotatable bonds is 4. The number of aryl methyl sites for hydroxylation is 1. The summed E-state index contributed by atoms with van der Waals surface area (Å²) in [6, 6.07) is 8.66. The smallest absolute Gasteiger partial charge is 0.291 e. The molecule has 0 spiro atoms. The van der Waals surface area contributed by atoms with E-state index in [-0.39, 0.29) is 5.75 Å². The van der Waals surface area contributed by atoms with Crippen LogP contribution in [0.3, 0.4) is 0 Å². The average molecular weight is 417 g/mol. The van der Waals surface area contributed by atoms with Gasteiger partial charge in [-0.15, -0.1) is 11.3 Å². The van der Waals surface area contributed by atoms with Crippen LogP contribution in [-0.4, -0.2) is 27.2 Å². The third-order valence-electron chi connectivity index (χ3n) is 3.28. The molecule has 1 amide bonds. The summed E-state index contributed by atoms with van der Waals surface area (Å²) in [5, 5.41) is 14.4. The Morgan fingerprint density at radius 3 is 3.00 bits per heavy atom. The van der Waals surface area contributed by atoms with Crippen LogP contribution in [0.25, 0.3) is 10.6 Å². The van der Waals surface area contributed by atoms with Crippen LogP contribution in [0.2, 0.25) is 0 Å². The van der Waals surface area contributed by atoms with Gasteiger partial charge in [0.2, 0.25) is 0 Å². The maximum absolute atomic E-state index is 12.3. The van der Waals surface area contributed by atoms with Crippen molar-refractivity contribution in [2.24, 2.45) is 5.10 Å². The number of phenolic OH excluding ortho intramolecular Hbond substituents is 1. The average Bonchev–Trinajstić information content (AvgIpc) is 3.00. The fraction of sp³-hybridized carbons (Fsp3) is 0.0588. The summed E-state index contributed by atoms with van der Waals surface area (Å²) in [6.45, 7) is 1.83. The fourth-order valence-corrected chi connectivity index (χ4v) is 3.34. The Balaban J connectivity index is 1.75. The molecule has 8 heteroatoms. The molecule has 0 aliphatic rings. The Morgan fingerprint density at radius 2 is 2.24 bits per heavy atom. The summed E-state index contributed by atoms with van der Waals surface area (Å²) >= 11 is 4.73. The lowest BCUT2D eigenvalue weighted by Gasteiger charge is -2.00. The number of aromatic nitrogens is 2. The SMILES string of the molecule is Cc1sc(-c2cccnc2)nc1C(=O)N/N=C/c1cc(Br)ccc1O. The van der Waals surface area contributed by atoms with Crippen molar-refractivity contribution in [3.8, 4) is 16.3 Å². The first-order chi connectivity index (χ1) is 12.0. The lowest BCUT2D eigenvalue weighted by atomic mass is 10.2. The van der Waals surface area contributed by atoms with Gasteiger partial charge in [-0.1, -0.05) is 15.9 Å². The number of aromatic hydroxyl groups is 1. The topological polar surface area (TPSA) is 87.5 Å². The van der Waals surface area contributed by atoms with Gasteiger partial charge in [0.1, 0.15) is 16.5 Å². The van der Waals surface area contributed by atoms with Crippen molar-refractivity contribution < 1.29 is 9.90 Å². The Hall–Kier alpha value is -2.58. The van der Waals surface area contributed by atoms with Gasteiger partial charge in [0.05, 0.1) is 6.21 Å². The molecule has 126 valence electrons. The van der Waals surface area contributed by atoms with Crippen molar-refractivity contribution in [3.63, 3.8) is 0 Å². The molecular formula is C17H13BrN4O2S. The number of pyridine rings is 1. The van der Waals surface area contributed by atoms with E-state index in [0.717, 1.165) is 19.9 Å². The highest BCUT2D eigenvalue weighted by Crippen LogP contribution is 2.27. The number of nitrogens with zero attached hydrogens (tertiary/aromatic N) is 3. The summed E-state index contributed by atoms with van der Waals surface area (Å²) in [5.41, 5.74) is 4.10. The number of carbonyl (C=O) groups is 1. The second-order valence-corrected chi connectivity index (χ2v) is 7.19. The second kappa shape index (κ2) is 7.54. The third-order valence-corrected chi connectivity index (χ3v) is 4.79. The van der Waals surface area contributed by atoms with Crippen molar-refractivity contribution in [2.75, 3.05) is 0 Å². The highest BCUT2D eigenvalue weighted by Gasteiger charge is 2.16. The summed E-state index contributed by atoms with van der Waals surface area (Å²) in [5.74, 6) is -0.334. The molecule has 3 aromatic rings. The van der Waals surface area contributed by atoms with E-state index in [4.69, 9.17) is 0 Å². The number of thiazole rings is 1. The molecule has 0 saturated carbocycles. The zero-order valence-corrected chi connectivity index (χ0v) is 15.5. The molecule has 0 unspecified atom stereocenters. The quantitative estimate of drug-likeness (QED) is 0.500. The van der Waals surface area contributed by atoms with Crippen LogP contribution in [0.1, 0.15) is 20.9 Å². The van der Waals surface area contributed by atoms with Crippen molar-refractivity contribution in [1.82, 2.24) is 15.4 Å². The van der Waals surface area contributed by atoms with E-state index in [2.05, 4.69) is 36.4 Å². The molecular weight excluding hydrogens is 404 g/mol. The molecule has 1 aromatic carbocycles. The molecule has 2 N–H and O–H groups in total. The molecule has 0 aliphatic heterocycles. The van der Waals surface area contributed by atoms with Crippen LogP contribution in [0.15, 0.2) is 52.3 Å². The zero-order valence-electron chi connectivity index (χ0n) is 13.1. The van der Waals surface area contributed by atoms with Gasteiger partial charge in [0, 0.05) is 32.9 Å². The maximum atomic E-state index is 12.3. The fourth-order valence-electron chi connectivity index (χ4n) is 2.06. The number of phenols is 1. The van der Waals surface area contributed by atoms with Crippen molar-refractivity contribution in [3.05, 3.63) is 63.3 Å². The number of hydrogen-bond acceptors (Lipinski definition) is 6. The molecule has 2 aromatic heterocycles. The predicted molar refractivity (Wildman–Crippen MR) is 101 cm³/mol. The van der Waals surface area contributed by atoms with Crippen LogP contribution in [0.4, 0.5) is 0 Å². The van der Waals surface area contributed by atoms with E-state index in [1.54, 1.807) is 24.5 Å². The molecule has 3 rings (SSSR count). The van der Waals surface area contributed by atoms with Gasteiger partial charge >= 0.3 is 0 Å². The standard InChI is InChI=1S/C17H13BrN4O2S/c1-10-15(21-17(25-10)11-3-2-6-19-8-11)16(24)22-20-9-12-7-13(18)4-5-14(12)23/h2-9,23H,1H3,(H,22,24)/b20-9+. The van der Waals surface area contributed by atoms with Gasteiger partial charge < -0.3 is 5.11 Å². The monoisotopic (exact) mass is 416 g/mol. The minimum absolute atomic E-state index is 0.0740. The molecule has 0 bridgehead atoms. The minimum Gasteiger partial charge on any atom is -0.507 e. The number of amides is 1. The van der Waals surface area contributed by atoms with E-state index in [1.165, 1.54) is 23.6 Å². The van der Waals surface area contributed by atoms with Crippen molar-refractivity contribution in [2.45, 2.75) is 6.92 Å². The summed E-state index contributed by atoms with van der Waals surface area (Å²) in [4.78, 5) is 21.5. The number of halogens is 1. The first-order valence-electron chi connectivity index (χ1n) is 7.24. The molecule has 0 fully saturated rings. The Morgan fingerprint density at radius 1 is 1.40 bits per heavy atom. The molecule has 0 atom stereocenters. The highest BCUT2D eigenvalue weighted by atomic mass is 79.9. The molecule has 0 saturated heterocycles. The number of hydrogen-bond donors (Lipinski definition) is 2. The van der Waals surface area contributed by atoms with Crippen molar-refractivity contribution in [1.29, 1.82) is 0 Å². The Labute approximate surface area is 156 Å². The Bertz CT molecular complexity index is 941. The largest absolute Gasteiger partial charge is 0.507 e. The van der Waals surface area contributed by atoms with Crippen LogP contribution >= 0.6 is 27.3 Å². The van der Waals surface area contributed by atoms with E-state index < -0.39 is 5.91 Å². The second-order valence-electron chi connectivity index (χ2n) is 5.07. The van der Waals surface area contributed by atoms with Gasteiger partial charge in [-0.05, 0) is 37.3 Å². The van der Waals surface area contributed by atoms with Gasteiger partial charge in [-0.2, -0.15) is 5.10 Å². The van der Waals surface area contributed by atoms with E-state index in [9.17, 15) is 9.90 Å². The van der Waals surface area contributed by atoms with Gasteiger partial charge in [-0.3, -0.25) is 9.78 Å². The first kappa shape index (κ1) is 17.2.